The molecule has 3 aromatic heterocycles. The average Bonchev–Trinajstić information content (AvgIpc) is 3.09. The second-order valence-electron chi connectivity index (χ2n) is 5.78. The van der Waals surface area contributed by atoms with Crippen LogP contribution >= 0.6 is 0 Å². The number of fused-ring (bicyclic) bond motifs is 1. The first-order valence-corrected chi connectivity index (χ1v) is 7.83. The zero-order valence-electron chi connectivity index (χ0n) is 13.1. The van der Waals surface area contributed by atoms with Crippen molar-refractivity contribution in [3.05, 3.63) is 59.8 Å². The van der Waals surface area contributed by atoms with Crippen LogP contribution in [0, 0.1) is 0 Å². The van der Waals surface area contributed by atoms with Gasteiger partial charge in [0.05, 0.1) is 17.8 Å². The number of nitrogens with zero attached hydrogens (tertiary/aromatic N) is 5. The van der Waals surface area contributed by atoms with Crippen molar-refractivity contribution < 1.29 is 9.52 Å². The van der Waals surface area contributed by atoms with Crippen LogP contribution < -0.4 is 0 Å². The minimum atomic E-state index is -0.0668. The van der Waals surface area contributed by atoms with Crippen molar-refractivity contribution >= 4 is 0 Å². The molecule has 0 aliphatic carbocycles. The Labute approximate surface area is 139 Å². The van der Waals surface area contributed by atoms with E-state index in [-0.39, 0.29) is 6.61 Å². The van der Waals surface area contributed by atoms with Crippen LogP contribution in [0.1, 0.15) is 22.8 Å². The SMILES string of the molecule is OCc1ccc(CN2CCc3nc(-c4cncnc4)ncc3C2)o1. The van der Waals surface area contributed by atoms with Crippen molar-refractivity contribution in [1.29, 1.82) is 0 Å². The van der Waals surface area contributed by atoms with Crippen LogP contribution in [0.4, 0.5) is 0 Å². The Morgan fingerprint density at radius 3 is 2.75 bits per heavy atom. The van der Waals surface area contributed by atoms with E-state index in [1.165, 1.54) is 6.33 Å². The highest BCUT2D eigenvalue weighted by molar-refractivity contribution is 5.52. The summed E-state index contributed by atoms with van der Waals surface area (Å²) in [4.78, 5) is 19.4. The number of hydrogen-bond acceptors (Lipinski definition) is 7. The summed E-state index contributed by atoms with van der Waals surface area (Å²) >= 11 is 0. The van der Waals surface area contributed by atoms with E-state index in [1.54, 1.807) is 12.4 Å². The topological polar surface area (TPSA) is 88.2 Å². The fraction of sp³-hybridized carbons (Fsp3) is 0.294. The minimum Gasteiger partial charge on any atom is -0.462 e. The molecular weight excluding hydrogens is 306 g/mol. The van der Waals surface area contributed by atoms with Gasteiger partial charge in [-0.05, 0) is 12.1 Å². The van der Waals surface area contributed by atoms with Gasteiger partial charge in [0.2, 0.25) is 0 Å². The summed E-state index contributed by atoms with van der Waals surface area (Å²) in [6, 6.07) is 3.72. The Bertz CT molecular complexity index is 834. The number of aliphatic hydroxyl groups is 1. The first-order valence-electron chi connectivity index (χ1n) is 7.83. The van der Waals surface area contributed by atoms with Crippen LogP contribution in [0.2, 0.25) is 0 Å². The maximum absolute atomic E-state index is 9.07. The molecule has 1 N–H and O–H groups in total. The molecule has 7 heteroatoms. The third-order valence-corrected chi connectivity index (χ3v) is 4.08. The summed E-state index contributed by atoms with van der Waals surface area (Å²) in [5.74, 6) is 2.13. The molecule has 0 saturated carbocycles. The first-order chi connectivity index (χ1) is 11.8. The van der Waals surface area contributed by atoms with Crippen molar-refractivity contribution in [1.82, 2.24) is 24.8 Å². The van der Waals surface area contributed by atoms with E-state index >= 15 is 0 Å². The van der Waals surface area contributed by atoms with Gasteiger partial charge in [-0.15, -0.1) is 0 Å². The van der Waals surface area contributed by atoms with E-state index in [1.807, 2.05) is 18.3 Å². The molecule has 4 heterocycles. The molecule has 0 unspecified atom stereocenters. The predicted molar refractivity (Wildman–Crippen MR) is 85.5 cm³/mol. The molecule has 0 saturated heterocycles. The lowest BCUT2D eigenvalue weighted by atomic mass is 10.1. The maximum Gasteiger partial charge on any atom is 0.162 e. The van der Waals surface area contributed by atoms with E-state index in [0.29, 0.717) is 18.1 Å². The molecule has 0 aromatic carbocycles. The van der Waals surface area contributed by atoms with E-state index in [4.69, 9.17) is 9.52 Å². The molecule has 122 valence electrons. The van der Waals surface area contributed by atoms with E-state index in [9.17, 15) is 0 Å². The van der Waals surface area contributed by atoms with Crippen LogP contribution in [0.3, 0.4) is 0 Å². The van der Waals surface area contributed by atoms with Gasteiger partial charge < -0.3 is 9.52 Å². The molecule has 0 radical (unpaired) electrons. The largest absolute Gasteiger partial charge is 0.462 e. The zero-order valence-corrected chi connectivity index (χ0v) is 13.1. The maximum atomic E-state index is 9.07. The first kappa shape index (κ1) is 14.9. The molecule has 0 amide bonds. The quantitative estimate of drug-likeness (QED) is 0.779. The lowest BCUT2D eigenvalue weighted by molar-refractivity contribution is 0.207. The van der Waals surface area contributed by atoms with Crippen LogP contribution in [0.5, 0.6) is 0 Å². The number of hydrogen-bond donors (Lipinski definition) is 1. The highest BCUT2D eigenvalue weighted by atomic mass is 16.4. The second-order valence-corrected chi connectivity index (χ2v) is 5.78. The van der Waals surface area contributed by atoms with Gasteiger partial charge in [0.25, 0.3) is 0 Å². The molecule has 0 fully saturated rings. The highest BCUT2D eigenvalue weighted by Gasteiger charge is 2.20. The summed E-state index contributed by atoms with van der Waals surface area (Å²) in [6.45, 7) is 2.34. The second kappa shape index (κ2) is 6.46. The number of furan rings is 1. The van der Waals surface area contributed by atoms with Crippen LogP contribution in [0.25, 0.3) is 11.4 Å². The van der Waals surface area contributed by atoms with Crippen molar-refractivity contribution in [3.63, 3.8) is 0 Å². The molecule has 3 aromatic rings. The van der Waals surface area contributed by atoms with Crippen molar-refractivity contribution in [2.75, 3.05) is 6.54 Å². The van der Waals surface area contributed by atoms with E-state index in [0.717, 1.165) is 42.1 Å². The zero-order chi connectivity index (χ0) is 16.4. The number of rotatable bonds is 4. The molecule has 0 bridgehead atoms. The molecule has 4 rings (SSSR count). The van der Waals surface area contributed by atoms with Crippen LogP contribution in [0.15, 0.2) is 41.5 Å². The molecular formula is C17H17N5O2. The molecule has 0 spiro atoms. The Kier molecular flexibility index (Phi) is 4.02. The minimum absolute atomic E-state index is 0.0668. The summed E-state index contributed by atoms with van der Waals surface area (Å²) in [5, 5.41) is 9.07. The smallest absolute Gasteiger partial charge is 0.162 e. The van der Waals surface area contributed by atoms with Gasteiger partial charge in [-0.3, -0.25) is 4.90 Å². The van der Waals surface area contributed by atoms with Gasteiger partial charge in [-0.1, -0.05) is 0 Å². The summed E-state index contributed by atoms with van der Waals surface area (Å²) in [5.41, 5.74) is 3.04. The van der Waals surface area contributed by atoms with Crippen molar-refractivity contribution in [2.24, 2.45) is 0 Å². The molecule has 1 aliphatic heterocycles. The van der Waals surface area contributed by atoms with Crippen LogP contribution in [-0.4, -0.2) is 36.5 Å². The summed E-state index contributed by atoms with van der Waals surface area (Å²) in [7, 11) is 0. The molecule has 7 nitrogen and oxygen atoms in total. The van der Waals surface area contributed by atoms with Crippen molar-refractivity contribution in [3.8, 4) is 11.4 Å². The lowest BCUT2D eigenvalue weighted by Gasteiger charge is -2.27. The molecule has 24 heavy (non-hydrogen) atoms. The number of aromatic nitrogens is 4. The Hall–Kier alpha value is -2.64. The fourth-order valence-corrected chi connectivity index (χ4v) is 2.88. The molecule has 1 aliphatic rings. The predicted octanol–water partition coefficient (Wildman–Crippen LogP) is 1.58. The normalized spacial score (nSPS) is 14.5. The Morgan fingerprint density at radius 2 is 1.96 bits per heavy atom. The van der Waals surface area contributed by atoms with Gasteiger partial charge in [0.15, 0.2) is 5.82 Å². The van der Waals surface area contributed by atoms with Gasteiger partial charge in [0, 0.05) is 43.7 Å². The summed E-state index contributed by atoms with van der Waals surface area (Å²) < 4.78 is 5.56. The van der Waals surface area contributed by atoms with Gasteiger partial charge in [-0.2, -0.15) is 0 Å². The standard InChI is InChI=1S/C17H17N5O2/c23-10-15-2-1-14(24-15)9-22-4-3-16-13(8-22)7-20-17(21-16)12-5-18-11-19-6-12/h1-2,5-7,11,23H,3-4,8-10H2. The third-order valence-electron chi connectivity index (χ3n) is 4.08. The fourth-order valence-electron chi connectivity index (χ4n) is 2.88. The van der Waals surface area contributed by atoms with Gasteiger partial charge in [-0.25, -0.2) is 19.9 Å². The van der Waals surface area contributed by atoms with Crippen molar-refractivity contribution in [2.45, 2.75) is 26.1 Å². The van der Waals surface area contributed by atoms with Crippen LogP contribution in [-0.2, 0) is 26.1 Å². The monoisotopic (exact) mass is 323 g/mol. The van der Waals surface area contributed by atoms with E-state index in [2.05, 4.69) is 24.8 Å². The summed E-state index contributed by atoms with van der Waals surface area (Å²) in [6.07, 6.45) is 7.69. The Morgan fingerprint density at radius 1 is 1.12 bits per heavy atom. The highest BCUT2D eigenvalue weighted by Crippen LogP contribution is 2.22. The average molecular weight is 323 g/mol. The van der Waals surface area contributed by atoms with E-state index < -0.39 is 0 Å². The number of aliphatic hydroxyl groups excluding tert-OH is 1. The molecule has 0 atom stereocenters. The Balaban J connectivity index is 1.49. The lowest BCUT2D eigenvalue weighted by Crippen LogP contribution is -2.30. The van der Waals surface area contributed by atoms with Gasteiger partial charge >= 0.3 is 0 Å². The van der Waals surface area contributed by atoms with Gasteiger partial charge in [0.1, 0.15) is 24.5 Å². The third kappa shape index (κ3) is 3.04.